The predicted octanol–water partition coefficient (Wildman–Crippen LogP) is 2.82. The minimum atomic E-state index is -4.20. The van der Waals surface area contributed by atoms with E-state index in [1.54, 1.807) is 0 Å². The van der Waals surface area contributed by atoms with Gasteiger partial charge in [0.2, 0.25) is 0 Å². The quantitative estimate of drug-likeness (QED) is 0.648. The summed E-state index contributed by atoms with van der Waals surface area (Å²) in [6, 6.07) is 3.59. The zero-order valence-electron chi connectivity index (χ0n) is 8.60. The fourth-order valence-electron chi connectivity index (χ4n) is 1.03. The van der Waals surface area contributed by atoms with E-state index in [1.807, 2.05) is 0 Å². The van der Waals surface area contributed by atoms with Gasteiger partial charge in [0.05, 0.1) is 12.3 Å². The van der Waals surface area contributed by atoms with E-state index in [4.69, 9.17) is 5.73 Å². The number of halogens is 5. The minimum Gasteiger partial charge on any atom is -0.396 e. The van der Waals surface area contributed by atoms with Crippen LogP contribution in [-0.4, -0.2) is 19.0 Å². The lowest BCUT2D eigenvalue weighted by molar-refractivity contribution is -0.168. The number of nitrogens with two attached hydrogens (primary N) is 1. The lowest BCUT2D eigenvalue weighted by atomic mass is 10.2. The van der Waals surface area contributed by atoms with E-state index >= 15 is 0 Å². The van der Waals surface area contributed by atoms with Crippen LogP contribution in [-0.2, 0) is 11.3 Å². The first kappa shape index (κ1) is 13.7. The molecule has 1 rings (SSSR count). The molecule has 7 heteroatoms. The maximum absolute atomic E-state index is 12.9. The van der Waals surface area contributed by atoms with Crippen molar-refractivity contribution in [3.63, 3.8) is 0 Å². The van der Waals surface area contributed by atoms with E-state index in [9.17, 15) is 22.0 Å². The molecular weight excluding hydrogens is 245 g/mol. The van der Waals surface area contributed by atoms with Crippen LogP contribution in [0.4, 0.5) is 27.6 Å². The third-order valence-electron chi connectivity index (χ3n) is 1.95. The minimum absolute atomic E-state index is 0.0911. The second-order valence-electron chi connectivity index (χ2n) is 3.41. The number of alkyl halides is 4. The maximum atomic E-state index is 12.9. The molecule has 17 heavy (non-hydrogen) atoms. The normalized spacial score (nSPS) is 12.1. The lowest BCUT2D eigenvalue weighted by Crippen LogP contribution is -2.32. The molecule has 1 aromatic carbocycles. The van der Waals surface area contributed by atoms with Crippen molar-refractivity contribution in [3.8, 4) is 0 Å². The molecule has 0 bridgehead atoms. The summed E-state index contributed by atoms with van der Waals surface area (Å²) in [7, 11) is 0. The molecule has 0 aromatic heterocycles. The Hall–Kier alpha value is -1.37. The first-order valence-corrected chi connectivity index (χ1v) is 4.60. The molecule has 0 amide bonds. The van der Waals surface area contributed by atoms with Crippen molar-refractivity contribution < 1.29 is 26.7 Å². The van der Waals surface area contributed by atoms with Gasteiger partial charge >= 0.3 is 12.3 Å². The third-order valence-corrected chi connectivity index (χ3v) is 1.95. The predicted molar refractivity (Wildman–Crippen MR) is 51.4 cm³/mol. The number of hydrogen-bond acceptors (Lipinski definition) is 2. The molecule has 2 nitrogen and oxygen atoms in total. The standard InChI is InChI=1S/C10H10F5NO/c11-7-3-6(1-2-8(7)16)4-17-5-10(14,15)9(12)13/h1-3,9H,4-5,16H2. The van der Waals surface area contributed by atoms with E-state index in [-0.39, 0.29) is 17.9 Å². The Morgan fingerprint density at radius 2 is 1.94 bits per heavy atom. The van der Waals surface area contributed by atoms with Crippen molar-refractivity contribution in [3.05, 3.63) is 29.6 Å². The number of benzene rings is 1. The zero-order chi connectivity index (χ0) is 13.1. The summed E-state index contributed by atoms with van der Waals surface area (Å²) in [6.45, 7) is -1.81. The van der Waals surface area contributed by atoms with Gasteiger partial charge < -0.3 is 10.5 Å². The highest BCUT2D eigenvalue weighted by molar-refractivity contribution is 5.41. The fourth-order valence-corrected chi connectivity index (χ4v) is 1.03. The molecule has 0 aliphatic carbocycles. The van der Waals surface area contributed by atoms with Gasteiger partial charge in [-0.1, -0.05) is 6.07 Å². The largest absolute Gasteiger partial charge is 0.396 e. The highest BCUT2D eigenvalue weighted by Gasteiger charge is 2.40. The molecule has 2 N–H and O–H groups in total. The van der Waals surface area contributed by atoms with Crippen LogP contribution in [0.5, 0.6) is 0 Å². The topological polar surface area (TPSA) is 35.2 Å². The molecule has 0 saturated heterocycles. The number of anilines is 1. The van der Waals surface area contributed by atoms with Crippen LogP contribution in [0.2, 0.25) is 0 Å². The summed E-state index contributed by atoms with van der Waals surface area (Å²) in [6.07, 6.45) is -3.79. The second-order valence-corrected chi connectivity index (χ2v) is 3.41. The van der Waals surface area contributed by atoms with Gasteiger partial charge in [0.15, 0.2) is 0 Å². The monoisotopic (exact) mass is 255 g/mol. The highest BCUT2D eigenvalue weighted by Crippen LogP contribution is 2.23. The number of rotatable bonds is 5. The fraction of sp³-hybridized carbons (Fsp3) is 0.400. The Balaban J connectivity index is 2.49. The van der Waals surface area contributed by atoms with Gasteiger partial charge in [-0.2, -0.15) is 8.78 Å². The Morgan fingerprint density at radius 3 is 2.47 bits per heavy atom. The summed E-state index contributed by atoms with van der Waals surface area (Å²) >= 11 is 0. The van der Waals surface area contributed by atoms with Crippen molar-refractivity contribution in [1.29, 1.82) is 0 Å². The van der Waals surface area contributed by atoms with Crippen LogP contribution in [0.25, 0.3) is 0 Å². The molecule has 0 aliphatic heterocycles. The van der Waals surface area contributed by atoms with Gasteiger partial charge in [-0.3, -0.25) is 0 Å². The first-order valence-electron chi connectivity index (χ1n) is 4.60. The lowest BCUT2D eigenvalue weighted by Gasteiger charge is -2.15. The van der Waals surface area contributed by atoms with Gasteiger partial charge in [0.25, 0.3) is 0 Å². The Labute approximate surface area is 94.2 Å². The van der Waals surface area contributed by atoms with Gasteiger partial charge in [0.1, 0.15) is 12.4 Å². The van der Waals surface area contributed by atoms with E-state index in [2.05, 4.69) is 4.74 Å². The molecule has 1 aromatic rings. The van der Waals surface area contributed by atoms with Crippen molar-refractivity contribution in [1.82, 2.24) is 0 Å². The van der Waals surface area contributed by atoms with E-state index < -0.39 is 24.8 Å². The molecule has 0 aliphatic rings. The number of nitrogen functional groups attached to an aromatic ring is 1. The average Bonchev–Trinajstić information content (AvgIpc) is 2.23. The molecule has 0 atom stereocenters. The van der Waals surface area contributed by atoms with Gasteiger partial charge in [-0.25, -0.2) is 13.2 Å². The van der Waals surface area contributed by atoms with Gasteiger partial charge in [-0.05, 0) is 17.7 Å². The first-order chi connectivity index (χ1) is 7.83. The molecule has 0 fully saturated rings. The maximum Gasteiger partial charge on any atom is 0.330 e. The average molecular weight is 255 g/mol. The van der Waals surface area contributed by atoms with Crippen molar-refractivity contribution in [2.45, 2.75) is 19.0 Å². The molecule has 0 radical (unpaired) electrons. The summed E-state index contributed by atoms with van der Waals surface area (Å²) in [5.41, 5.74) is 5.34. The van der Waals surface area contributed by atoms with Crippen molar-refractivity contribution in [2.24, 2.45) is 0 Å². The molecular formula is C10H10F5NO. The second kappa shape index (κ2) is 5.31. The zero-order valence-corrected chi connectivity index (χ0v) is 8.60. The van der Waals surface area contributed by atoms with Crippen LogP contribution < -0.4 is 5.73 Å². The van der Waals surface area contributed by atoms with Crippen LogP contribution >= 0.6 is 0 Å². The molecule has 0 heterocycles. The Bertz CT molecular complexity index is 383. The van der Waals surface area contributed by atoms with E-state index in [1.165, 1.54) is 12.1 Å². The summed E-state index contributed by atoms with van der Waals surface area (Å²) < 4.78 is 65.7. The van der Waals surface area contributed by atoms with Gasteiger partial charge in [-0.15, -0.1) is 0 Å². The summed E-state index contributed by atoms with van der Waals surface area (Å²) in [5.74, 6) is -4.92. The van der Waals surface area contributed by atoms with Crippen LogP contribution in [0.3, 0.4) is 0 Å². The summed E-state index contributed by atoms with van der Waals surface area (Å²) in [4.78, 5) is 0. The molecule has 0 saturated carbocycles. The summed E-state index contributed by atoms with van der Waals surface area (Å²) in [5, 5.41) is 0. The highest BCUT2D eigenvalue weighted by atomic mass is 19.3. The van der Waals surface area contributed by atoms with Crippen molar-refractivity contribution in [2.75, 3.05) is 12.3 Å². The molecule has 0 spiro atoms. The molecule has 0 unspecified atom stereocenters. The van der Waals surface area contributed by atoms with E-state index in [0.29, 0.717) is 0 Å². The van der Waals surface area contributed by atoms with E-state index in [0.717, 1.165) is 6.07 Å². The van der Waals surface area contributed by atoms with Crippen LogP contribution in [0.1, 0.15) is 5.56 Å². The Morgan fingerprint density at radius 1 is 1.29 bits per heavy atom. The van der Waals surface area contributed by atoms with Crippen molar-refractivity contribution >= 4 is 5.69 Å². The van der Waals surface area contributed by atoms with Gasteiger partial charge in [0, 0.05) is 0 Å². The van der Waals surface area contributed by atoms with Crippen LogP contribution in [0, 0.1) is 5.82 Å². The number of hydrogen-bond donors (Lipinski definition) is 1. The Kier molecular flexibility index (Phi) is 4.28. The third kappa shape index (κ3) is 3.85. The number of ether oxygens (including phenoxy) is 1. The molecule has 96 valence electrons. The smallest absolute Gasteiger partial charge is 0.330 e. The van der Waals surface area contributed by atoms with Crippen LogP contribution in [0.15, 0.2) is 18.2 Å². The SMILES string of the molecule is Nc1ccc(COCC(F)(F)C(F)F)cc1F.